The van der Waals surface area contributed by atoms with Crippen molar-refractivity contribution in [1.82, 2.24) is 10.2 Å². The topological polar surface area (TPSA) is 167 Å². The van der Waals surface area contributed by atoms with Crippen molar-refractivity contribution >= 4 is 29.4 Å². The van der Waals surface area contributed by atoms with Crippen molar-refractivity contribution in [3.05, 3.63) is 178 Å². The van der Waals surface area contributed by atoms with Crippen molar-refractivity contribution in [2.24, 2.45) is 0 Å². The normalized spacial score (nSPS) is 15.8. The number of fused-ring (bicyclic) bond motifs is 2. The van der Waals surface area contributed by atoms with Crippen molar-refractivity contribution in [3.8, 4) is 34.4 Å². The summed E-state index contributed by atoms with van der Waals surface area (Å²) in [7, 11) is 1.16. The number of methoxy groups -OCH3 is 1. The van der Waals surface area contributed by atoms with Crippen LogP contribution in [0, 0.1) is 11.3 Å². The number of amides is 3. The minimum absolute atomic E-state index is 0.00739. The Labute approximate surface area is 370 Å². The zero-order valence-corrected chi connectivity index (χ0v) is 34.6. The SMILES string of the molecule is COc1ccc(COc2ccc([C@@H]3Oc4cc5c(cc4NC3=O)CC(C(=O)N[C@@H](Cc3ccc(-c4ccc(C#N)cc4)cc3)C(=O)O)N(C(=O)c3ccccc3)C5)cc2)cc1C(F)(F)F. The number of rotatable bonds is 12. The molecule has 2 aliphatic rings. The van der Waals surface area contributed by atoms with E-state index in [1.54, 1.807) is 91.0 Å². The molecule has 1 unspecified atom stereocenters. The van der Waals surface area contributed by atoms with E-state index in [1.807, 2.05) is 24.3 Å². The monoisotopic (exact) mass is 880 g/mol. The predicted molar refractivity (Wildman–Crippen MR) is 231 cm³/mol. The lowest BCUT2D eigenvalue weighted by atomic mass is 9.91. The van der Waals surface area contributed by atoms with E-state index in [1.165, 1.54) is 17.0 Å². The second kappa shape index (κ2) is 18.3. The van der Waals surface area contributed by atoms with Crippen LogP contribution in [0.4, 0.5) is 18.9 Å². The first-order valence-electron chi connectivity index (χ1n) is 20.4. The van der Waals surface area contributed by atoms with Gasteiger partial charge in [0.15, 0.2) is 0 Å². The van der Waals surface area contributed by atoms with Gasteiger partial charge in [-0.3, -0.25) is 14.4 Å². The molecule has 0 radical (unpaired) electrons. The first-order chi connectivity index (χ1) is 31.3. The number of nitriles is 1. The number of halogens is 3. The Kier molecular flexibility index (Phi) is 12.3. The van der Waals surface area contributed by atoms with Gasteiger partial charge in [-0.15, -0.1) is 0 Å². The molecule has 0 fully saturated rings. The van der Waals surface area contributed by atoms with Crippen LogP contribution >= 0.6 is 0 Å². The molecular formula is C50H39F3N4O8. The predicted octanol–water partition coefficient (Wildman–Crippen LogP) is 8.28. The lowest BCUT2D eigenvalue weighted by Gasteiger charge is -2.37. The van der Waals surface area contributed by atoms with E-state index in [9.17, 15) is 37.5 Å². The molecule has 6 aromatic rings. The zero-order valence-electron chi connectivity index (χ0n) is 34.6. The highest BCUT2D eigenvalue weighted by Gasteiger charge is 2.39. The van der Waals surface area contributed by atoms with Crippen LogP contribution in [0.3, 0.4) is 0 Å². The van der Waals surface area contributed by atoms with Gasteiger partial charge in [0.05, 0.1) is 30.0 Å². The number of anilines is 1. The number of carboxylic acids is 1. The van der Waals surface area contributed by atoms with E-state index >= 15 is 0 Å². The second-order valence-electron chi connectivity index (χ2n) is 15.5. The van der Waals surface area contributed by atoms with Crippen LogP contribution < -0.4 is 24.8 Å². The first-order valence-corrected chi connectivity index (χ1v) is 20.4. The van der Waals surface area contributed by atoms with Crippen molar-refractivity contribution in [3.63, 3.8) is 0 Å². The molecule has 0 aromatic heterocycles. The molecule has 0 saturated heterocycles. The summed E-state index contributed by atoms with van der Waals surface area (Å²) in [5, 5.41) is 24.9. The van der Waals surface area contributed by atoms with Crippen LogP contribution in [0.15, 0.2) is 133 Å². The highest BCUT2D eigenvalue weighted by molar-refractivity contribution is 6.00. The molecule has 0 aliphatic carbocycles. The summed E-state index contributed by atoms with van der Waals surface area (Å²) in [5.41, 5.74) is 4.73. The molecule has 8 rings (SSSR count). The average Bonchev–Trinajstić information content (AvgIpc) is 3.32. The van der Waals surface area contributed by atoms with Gasteiger partial charge in [0.25, 0.3) is 11.8 Å². The Bertz CT molecular complexity index is 2810. The largest absolute Gasteiger partial charge is 0.496 e. The van der Waals surface area contributed by atoms with Crippen LogP contribution in [0.25, 0.3) is 11.1 Å². The third-order valence-corrected chi connectivity index (χ3v) is 11.3. The molecule has 0 spiro atoms. The fraction of sp³-hybridized carbons (Fsp3) is 0.180. The van der Waals surface area contributed by atoms with E-state index in [-0.39, 0.29) is 37.3 Å². The summed E-state index contributed by atoms with van der Waals surface area (Å²) < 4.78 is 57.4. The van der Waals surface area contributed by atoms with Crippen LogP contribution in [-0.2, 0) is 46.6 Å². The molecule has 3 amide bonds. The van der Waals surface area contributed by atoms with Gasteiger partial charge in [-0.2, -0.15) is 18.4 Å². The number of nitrogens with one attached hydrogen (secondary N) is 2. The fourth-order valence-electron chi connectivity index (χ4n) is 7.85. The van der Waals surface area contributed by atoms with Gasteiger partial charge in [-0.05, 0) is 94.0 Å². The minimum atomic E-state index is -4.61. The van der Waals surface area contributed by atoms with Gasteiger partial charge in [0.1, 0.15) is 35.9 Å². The molecular weight excluding hydrogens is 842 g/mol. The summed E-state index contributed by atoms with van der Waals surface area (Å²) in [6.07, 6.45) is -5.73. The molecule has 2 heterocycles. The number of ether oxygens (including phenoxy) is 3. The number of nitrogens with zero attached hydrogens (tertiary/aromatic N) is 2. The van der Waals surface area contributed by atoms with Gasteiger partial charge in [-0.25, -0.2) is 4.79 Å². The standard InChI is InChI=1S/C50H39F3N4O8/c1-63-43-20-11-31(21-39(43)50(51,52)53)28-64-38-18-16-34(17-19-38)45-47(59)55-40-23-36-24-42(57(27-37(36)25-44(40)65-45)48(60)35-5-3-2-4-6-35)46(58)56-41(49(61)62)22-29-7-12-32(13-8-29)33-14-9-30(26-54)10-15-33/h2-21,23,25,41-42,45H,22,24,27-28H2,1H3,(H,55,59)(H,56,58)(H,61,62)/t41-,42?,45-/m0/s1. The highest BCUT2D eigenvalue weighted by Crippen LogP contribution is 2.41. The number of aliphatic carboxylic acids is 1. The Hall–Kier alpha value is -8.12. The zero-order chi connectivity index (χ0) is 45.8. The Balaban J connectivity index is 0.979. The van der Waals surface area contributed by atoms with Crippen molar-refractivity contribution < 1.29 is 51.7 Å². The molecule has 65 heavy (non-hydrogen) atoms. The Morgan fingerprint density at radius 3 is 2.22 bits per heavy atom. The van der Waals surface area contributed by atoms with Gasteiger partial charge in [0, 0.05) is 30.5 Å². The van der Waals surface area contributed by atoms with Gasteiger partial charge >= 0.3 is 12.1 Å². The molecule has 6 aromatic carbocycles. The van der Waals surface area contributed by atoms with Gasteiger partial charge < -0.3 is 34.9 Å². The smallest absolute Gasteiger partial charge is 0.419 e. The number of carbonyl (C=O) groups is 4. The molecule has 15 heteroatoms. The number of carbonyl (C=O) groups excluding carboxylic acids is 3. The first kappa shape index (κ1) is 43.5. The fourth-order valence-corrected chi connectivity index (χ4v) is 7.85. The third-order valence-electron chi connectivity index (χ3n) is 11.3. The van der Waals surface area contributed by atoms with Crippen LogP contribution in [0.2, 0.25) is 0 Å². The summed E-state index contributed by atoms with van der Waals surface area (Å²) in [4.78, 5) is 55.7. The highest BCUT2D eigenvalue weighted by atomic mass is 19.4. The number of carboxylic acid groups (broad SMARTS) is 1. The van der Waals surface area contributed by atoms with E-state index in [2.05, 4.69) is 16.7 Å². The van der Waals surface area contributed by atoms with E-state index in [0.717, 1.165) is 24.3 Å². The van der Waals surface area contributed by atoms with Crippen LogP contribution in [0.1, 0.15) is 55.4 Å². The maximum atomic E-state index is 14.2. The minimum Gasteiger partial charge on any atom is -0.496 e. The maximum Gasteiger partial charge on any atom is 0.419 e. The maximum absolute atomic E-state index is 14.2. The molecule has 12 nitrogen and oxygen atoms in total. The van der Waals surface area contributed by atoms with E-state index in [0.29, 0.717) is 50.6 Å². The van der Waals surface area contributed by atoms with Crippen LogP contribution in [0.5, 0.6) is 17.2 Å². The summed E-state index contributed by atoms with van der Waals surface area (Å²) >= 11 is 0. The molecule has 2 aliphatic heterocycles. The van der Waals surface area contributed by atoms with Gasteiger partial charge in [0.2, 0.25) is 12.0 Å². The van der Waals surface area contributed by atoms with E-state index < -0.39 is 53.6 Å². The number of benzene rings is 6. The Morgan fingerprint density at radius 1 is 0.892 bits per heavy atom. The Morgan fingerprint density at radius 2 is 1.57 bits per heavy atom. The molecule has 0 saturated carbocycles. The van der Waals surface area contributed by atoms with Gasteiger partial charge in [-0.1, -0.05) is 72.8 Å². The number of hydrogen-bond donors (Lipinski definition) is 3. The average molecular weight is 881 g/mol. The van der Waals surface area contributed by atoms with Crippen molar-refractivity contribution in [1.29, 1.82) is 5.26 Å². The third kappa shape index (κ3) is 9.62. The molecule has 328 valence electrons. The lowest BCUT2D eigenvalue weighted by molar-refractivity contribution is -0.142. The molecule has 3 N–H and O–H groups in total. The lowest BCUT2D eigenvalue weighted by Crippen LogP contribution is -2.56. The van der Waals surface area contributed by atoms with Crippen LogP contribution in [-0.4, -0.2) is 52.9 Å². The van der Waals surface area contributed by atoms with Crippen molar-refractivity contribution in [2.45, 2.75) is 50.4 Å². The molecule has 0 bridgehead atoms. The summed E-state index contributed by atoms with van der Waals surface area (Å²) in [6, 6.07) is 35.8. The molecule has 3 atom stereocenters. The summed E-state index contributed by atoms with van der Waals surface area (Å²) in [6.45, 7) is -0.190. The van der Waals surface area contributed by atoms with Crippen molar-refractivity contribution in [2.75, 3.05) is 12.4 Å². The number of alkyl halides is 3. The summed E-state index contributed by atoms with van der Waals surface area (Å²) in [5.74, 6) is -2.48. The van der Waals surface area contributed by atoms with E-state index in [4.69, 9.17) is 19.5 Å². The number of hydrogen-bond acceptors (Lipinski definition) is 8. The second-order valence-corrected chi connectivity index (χ2v) is 15.5. The quantitative estimate of drug-likeness (QED) is 0.110.